The zero-order valence-corrected chi connectivity index (χ0v) is 13.6. The predicted octanol–water partition coefficient (Wildman–Crippen LogP) is 0.459. The molecule has 6 heteroatoms. The lowest BCUT2D eigenvalue weighted by Crippen LogP contribution is -2.55. The summed E-state index contributed by atoms with van der Waals surface area (Å²) in [6.45, 7) is 4.30. The Morgan fingerprint density at radius 3 is 2.61 bits per heavy atom. The van der Waals surface area contributed by atoms with Gasteiger partial charge in [0.1, 0.15) is 0 Å². The molecular formula is C17H24N2O4. The summed E-state index contributed by atoms with van der Waals surface area (Å²) in [7, 11) is 0. The average molecular weight is 320 g/mol. The number of piperidine rings is 1. The van der Waals surface area contributed by atoms with Crippen molar-refractivity contribution < 1.29 is 19.8 Å². The third kappa shape index (κ3) is 4.53. The zero-order chi connectivity index (χ0) is 17.0. The molecule has 1 fully saturated rings. The molecule has 1 saturated heterocycles. The van der Waals surface area contributed by atoms with E-state index in [1.165, 1.54) is 4.90 Å². The number of nitrogens with one attached hydrogen (secondary N) is 1. The molecule has 1 aliphatic heterocycles. The van der Waals surface area contributed by atoms with Crippen LogP contribution in [0.5, 0.6) is 0 Å². The third-order valence-corrected chi connectivity index (χ3v) is 4.29. The van der Waals surface area contributed by atoms with E-state index in [4.69, 9.17) is 0 Å². The summed E-state index contributed by atoms with van der Waals surface area (Å²) in [6, 6.07) is 7.22. The fraction of sp³-hybridized carbons (Fsp3) is 0.529. The number of benzene rings is 1. The topological polar surface area (TPSA) is 89.9 Å². The standard InChI is InChI=1S/C17H24N2O4/c1-12-3-5-13(6-4-12)16(22)18-9-7-15(21)19-10-8-17(2,23)14(20)11-19/h3-6,14,20,23H,7-11H2,1-2H3,(H,18,22)/t14-,17+/m1/s1. The maximum atomic E-state index is 12.1. The van der Waals surface area contributed by atoms with Crippen LogP contribution in [0.15, 0.2) is 24.3 Å². The maximum Gasteiger partial charge on any atom is 0.251 e. The van der Waals surface area contributed by atoms with Gasteiger partial charge in [0.15, 0.2) is 0 Å². The number of aliphatic hydroxyl groups excluding tert-OH is 1. The summed E-state index contributed by atoms with van der Waals surface area (Å²) >= 11 is 0. The fourth-order valence-corrected chi connectivity index (χ4v) is 2.50. The molecule has 23 heavy (non-hydrogen) atoms. The number of likely N-dealkylation sites (tertiary alicyclic amines) is 1. The van der Waals surface area contributed by atoms with Crippen molar-refractivity contribution in [3.05, 3.63) is 35.4 Å². The van der Waals surface area contributed by atoms with Gasteiger partial charge >= 0.3 is 0 Å². The number of hydrogen-bond acceptors (Lipinski definition) is 4. The minimum Gasteiger partial charge on any atom is -0.388 e. The Balaban J connectivity index is 1.77. The number of rotatable bonds is 4. The number of hydrogen-bond donors (Lipinski definition) is 3. The highest BCUT2D eigenvalue weighted by molar-refractivity contribution is 5.94. The van der Waals surface area contributed by atoms with Crippen LogP contribution < -0.4 is 5.32 Å². The third-order valence-electron chi connectivity index (χ3n) is 4.29. The molecule has 0 aliphatic carbocycles. The van der Waals surface area contributed by atoms with Gasteiger partial charge in [-0.05, 0) is 32.4 Å². The maximum absolute atomic E-state index is 12.1. The Kier molecular flexibility index (Phi) is 5.38. The SMILES string of the molecule is Cc1ccc(C(=O)NCCC(=O)N2CC[C@](C)(O)[C@H](O)C2)cc1. The first-order valence-electron chi connectivity index (χ1n) is 7.83. The van der Waals surface area contributed by atoms with Crippen LogP contribution in [0.1, 0.15) is 35.7 Å². The van der Waals surface area contributed by atoms with Crippen molar-refractivity contribution in [2.75, 3.05) is 19.6 Å². The highest BCUT2D eigenvalue weighted by Crippen LogP contribution is 2.22. The normalized spacial score (nSPS) is 24.3. The molecule has 1 aromatic rings. The number of carbonyl (C=O) groups is 2. The molecule has 6 nitrogen and oxygen atoms in total. The van der Waals surface area contributed by atoms with E-state index < -0.39 is 11.7 Å². The second-order valence-corrected chi connectivity index (χ2v) is 6.33. The first-order chi connectivity index (χ1) is 10.8. The molecule has 2 amide bonds. The van der Waals surface area contributed by atoms with Crippen molar-refractivity contribution in [1.82, 2.24) is 10.2 Å². The molecule has 1 aromatic carbocycles. The first-order valence-corrected chi connectivity index (χ1v) is 7.83. The molecule has 0 bridgehead atoms. The molecule has 1 aliphatic rings. The van der Waals surface area contributed by atoms with Crippen LogP contribution in [-0.2, 0) is 4.79 Å². The number of nitrogens with zero attached hydrogens (tertiary/aromatic N) is 1. The Bertz CT molecular complexity index is 568. The van der Waals surface area contributed by atoms with Gasteiger partial charge < -0.3 is 20.4 Å². The van der Waals surface area contributed by atoms with Gasteiger partial charge in [0.2, 0.25) is 5.91 Å². The molecule has 2 atom stereocenters. The molecular weight excluding hydrogens is 296 g/mol. The molecule has 0 aromatic heterocycles. The van der Waals surface area contributed by atoms with Gasteiger partial charge in [-0.1, -0.05) is 17.7 Å². The molecule has 0 spiro atoms. The molecule has 1 heterocycles. The summed E-state index contributed by atoms with van der Waals surface area (Å²) in [5.74, 6) is -0.344. The van der Waals surface area contributed by atoms with Crippen molar-refractivity contribution >= 4 is 11.8 Å². The van der Waals surface area contributed by atoms with Gasteiger partial charge in [-0.15, -0.1) is 0 Å². The van der Waals surface area contributed by atoms with E-state index in [1.807, 2.05) is 19.1 Å². The van der Waals surface area contributed by atoms with Gasteiger partial charge in [-0.25, -0.2) is 0 Å². The lowest BCUT2D eigenvalue weighted by atomic mass is 9.90. The summed E-state index contributed by atoms with van der Waals surface area (Å²) in [6.07, 6.45) is -0.426. The molecule has 0 radical (unpaired) electrons. The fourth-order valence-electron chi connectivity index (χ4n) is 2.50. The van der Waals surface area contributed by atoms with Crippen molar-refractivity contribution in [2.24, 2.45) is 0 Å². The van der Waals surface area contributed by atoms with E-state index in [0.29, 0.717) is 18.5 Å². The number of carbonyl (C=O) groups excluding carboxylic acids is 2. The van der Waals surface area contributed by atoms with Crippen LogP contribution in [0.3, 0.4) is 0 Å². The highest BCUT2D eigenvalue weighted by atomic mass is 16.3. The Morgan fingerprint density at radius 2 is 2.00 bits per heavy atom. The average Bonchev–Trinajstić information content (AvgIpc) is 2.50. The Morgan fingerprint density at radius 1 is 1.35 bits per heavy atom. The summed E-state index contributed by atoms with van der Waals surface area (Å²) in [5.41, 5.74) is 0.500. The lowest BCUT2D eigenvalue weighted by Gasteiger charge is -2.39. The van der Waals surface area contributed by atoms with Gasteiger partial charge in [-0.3, -0.25) is 9.59 Å². The quantitative estimate of drug-likeness (QED) is 0.752. The predicted molar refractivity (Wildman–Crippen MR) is 86.0 cm³/mol. The summed E-state index contributed by atoms with van der Waals surface area (Å²) in [5, 5.41) is 22.4. The van der Waals surface area contributed by atoms with Gasteiger partial charge in [-0.2, -0.15) is 0 Å². The Labute approximate surface area is 136 Å². The second kappa shape index (κ2) is 7.10. The van der Waals surface area contributed by atoms with Crippen molar-refractivity contribution in [1.29, 1.82) is 0 Å². The van der Waals surface area contributed by atoms with E-state index in [9.17, 15) is 19.8 Å². The van der Waals surface area contributed by atoms with Crippen LogP contribution in [0.25, 0.3) is 0 Å². The molecule has 2 rings (SSSR count). The van der Waals surface area contributed by atoms with E-state index >= 15 is 0 Å². The summed E-state index contributed by atoms with van der Waals surface area (Å²) < 4.78 is 0. The van der Waals surface area contributed by atoms with Crippen molar-refractivity contribution in [3.63, 3.8) is 0 Å². The van der Waals surface area contributed by atoms with Gasteiger partial charge in [0.25, 0.3) is 5.91 Å². The first kappa shape index (κ1) is 17.4. The van der Waals surface area contributed by atoms with Crippen LogP contribution in [0.4, 0.5) is 0 Å². The van der Waals surface area contributed by atoms with Crippen LogP contribution in [-0.4, -0.2) is 58.3 Å². The highest BCUT2D eigenvalue weighted by Gasteiger charge is 2.37. The van der Waals surface area contributed by atoms with E-state index in [2.05, 4.69) is 5.32 Å². The van der Waals surface area contributed by atoms with E-state index in [1.54, 1.807) is 19.1 Å². The van der Waals surface area contributed by atoms with Crippen molar-refractivity contribution in [3.8, 4) is 0 Å². The van der Waals surface area contributed by atoms with Crippen LogP contribution >= 0.6 is 0 Å². The largest absolute Gasteiger partial charge is 0.388 e. The Hall–Kier alpha value is -1.92. The molecule has 0 unspecified atom stereocenters. The number of aryl methyl sites for hydroxylation is 1. The van der Waals surface area contributed by atoms with E-state index in [-0.39, 0.29) is 31.3 Å². The number of β-amino-alcohol motifs (C(OH)–C–C–N with tert-alkyl or cyclic N) is 1. The van der Waals surface area contributed by atoms with E-state index in [0.717, 1.165) is 5.56 Å². The minimum atomic E-state index is -1.14. The zero-order valence-electron chi connectivity index (χ0n) is 13.6. The molecule has 126 valence electrons. The van der Waals surface area contributed by atoms with Gasteiger partial charge in [0.05, 0.1) is 11.7 Å². The smallest absolute Gasteiger partial charge is 0.251 e. The summed E-state index contributed by atoms with van der Waals surface area (Å²) in [4.78, 5) is 25.6. The molecule has 3 N–H and O–H groups in total. The number of aliphatic hydroxyl groups is 2. The number of amides is 2. The monoisotopic (exact) mass is 320 g/mol. The van der Waals surface area contributed by atoms with Crippen LogP contribution in [0, 0.1) is 6.92 Å². The second-order valence-electron chi connectivity index (χ2n) is 6.33. The molecule has 0 saturated carbocycles. The van der Waals surface area contributed by atoms with Crippen LogP contribution in [0.2, 0.25) is 0 Å². The minimum absolute atomic E-state index is 0.123. The lowest BCUT2D eigenvalue weighted by molar-refractivity contribution is -0.146. The van der Waals surface area contributed by atoms with Crippen molar-refractivity contribution in [2.45, 2.75) is 38.4 Å². The van der Waals surface area contributed by atoms with Gasteiger partial charge in [0, 0.05) is 31.6 Å².